The second-order valence-corrected chi connectivity index (χ2v) is 4.44. The van der Waals surface area contributed by atoms with Gasteiger partial charge < -0.3 is 14.2 Å². The molecule has 0 N–H and O–H groups in total. The van der Waals surface area contributed by atoms with E-state index in [2.05, 4.69) is 4.74 Å². The molecule has 0 saturated heterocycles. The molecule has 1 rings (SSSR count). The van der Waals surface area contributed by atoms with Crippen LogP contribution in [0.4, 0.5) is 13.2 Å². The van der Waals surface area contributed by atoms with Gasteiger partial charge in [-0.1, -0.05) is 6.92 Å². The highest BCUT2D eigenvalue weighted by atomic mass is 19.4. The number of aromatic nitrogens is 1. The second-order valence-electron chi connectivity index (χ2n) is 4.44. The van der Waals surface area contributed by atoms with Crippen LogP contribution in [0.25, 0.3) is 0 Å². The van der Waals surface area contributed by atoms with Crippen molar-refractivity contribution in [3.63, 3.8) is 0 Å². The van der Waals surface area contributed by atoms with Gasteiger partial charge in [-0.15, -0.1) is 0 Å². The van der Waals surface area contributed by atoms with Gasteiger partial charge in [-0.25, -0.2) is 0 Å². The molecule has 1 aromatic rings. The predicted molar refractivity (Wildman–Crippen MR) is 68.7 cm³/mol. The molecule has 1 aromatic heterocycles. The second kappa shape index (κ2) is 7.14. The Labute approximate surface area is 120 Å². The number of ether oxygens (including phenoxy) is 1. The number of carbonyl (C=O) groups is 2. The third-order valence-electron chi connectivity index (χ3n) is 2.73. The number of halogens is 3. The van der Waals surface area contributed by atoms with Crippen molar-refractivity contribution in [2.75, 3.05) is 20.2 Å². The van der Waals surface area contributed by atoms with Gasteiger partial charge >= 0.3 is 12.1 Å². The summed E-state index contributed by atoms with van der Waals surface area (Å²) >= 11 is 0. The molecule has 0 unspecified atom stereocenters. The van der Waals surface area contributed by atoms with Gasteiger partial charge in [0.05, 0.1) is 7.11 Å². The molecular weight excluding hydrogens is 289 g/mol. The Morgan fingerprint density at radius 1 is 1.38 bits per heavy atom. The molecule has 8 heteroatoms. The summed E-state index contributed by atoms with van der Waals surface area (Å²) in [5.74, 6) is -1.25. The lowest BCUT2D eigenvalue weighted by atomic mass is 10.3. The summed E-state index contributed by atoms with van der Waals surface area (Å²) in [6, 6.07) is 2.66. The van der Waals surface area contributed by atoms with E-state index in [1.54, 1.807) is 6.92 Å². The Morgan fingerprint density at radius 2 is 2.05 bits per heavy atom. The summed E-state index contributed by atoms with van der Waals surface area (Å²) in [6.45, 7) is 0.511. The van der Waals surface area contributed by atoms with Crippen molar-refractivity contribution in [3.05, 3.63) is 24.0 Å². The zero-order chi connectivity index (χ0) is 16.0. The van der Waals surface area contributed by atoms with Crippen LogP contribution in [0.5, 0.6) is 0 Å². The van der Waals surface area contributed by atoms with Gasteiger partial charge in [0, 0.05) is 12.7 Å². The monoisotopic (exact) mass is 306 g/mol. The minimum atomic E-state index is -4.42. The highest BCUT2D eigenvalue weighted by Gasteiger charge is 2.30. The molecule has 5 nitrogen and oxygen atoms in total. The first-order chi connectivity index (χ1) is 9.78. The molecule has 0 aromatic carbocycles. The Bertz CT molecular complexity index is 497. The fourth-order valence-electron chi connectivity index (χ4n) is 1.84. The summed E-state index contributed by atoms with van der Waals surface area (Å²) in [6.07, 6.45) is -2.67. The molecule has 0 fully saturated rings. The van der Waals surface area contributed by atoms with Crippen molar-refractivity contribution in [3.8, 4) is 0 Å². The average molecular weight is 306 g/mol. The topological polar surface area (TPSA) is 51.5 Å². The van der Waals surface area contributed by atoms with Gasteiger partial charge in [-0.3, -0.25) is 9.59 Å². The van der Waals surface area contributed by atoms with E-state index in [0.717, 1.165) is 4.57 Å². The molecule has 0 aliphatic heterocycles. The maximum absolute atomic E-state index is 12.5. The Hall–Kier alpha value is -1.99. The SMILES string of the molecule is CCCN(CC(=O)OC)C(=O)c1cccn1CC(F)(F)F. The normalized spacial score (nSPS) is 11.3. The molecule has 21 heavy (non-hydrogen) atoms. The van der Waals surface area contributed by atoms with Crippen molar-refractivity contribution in [2.45, 2.75) is 26.1 Å². The van der Waals surface area contributed by atoms with Gasteiger partial charge in [0.2, 0.25) is 0 Å². The lowest BCUT2D eigenvalue weighted by Crippen LogP contribution is -2.38. The average Bonchev–Trinajstić information content (AvgIpc) is 2.83. The lowest BCUT2D eigenvalue weighted by molar-refractivity contribution is -0.142. The van der Waals surface area contributed by atoms with E-state index in [9.17, 15) is 22.8 Å². The molecule has 0 saturated carbocycles. The van der Waals surface area contributed by atoms with Crippen molar-refractivity contribution >= 4 is 11.9 Å². The molecular formula is C13H17F3N2O3. The van der Waals surface area contributed by atoms with Crippen LogP contribution < -0.4 is 0 Å². The number of nitrogens with zero attached hydrogens (tertiary/aromatic N) is 2. The largest absolute Gasteiger partial charge is 0.468 e. The molecule has 0 aliphatic carbocycles. The summed E-state index contributed by atoms with van der Waals surface area (Å²) < 4.78 is 42.7. The van der Waals surface area contributed by atoms with E-state index in [0.29, 0.717) is 6.42 Å². The fraction of sp³-hybridized carbons (Fsp3) is 0.538. The number of methoxy groups -OCH3 is 1. The summed E-state index contributed by atoms with van der Waals surface area (Å²) in [5.41, 5.74) is -0.107. The summed E-state index contributed by atoms with van der Waals surface area (Å²) in [7, 11) is 1.18. The van der Waals surface area contributed by atoms with E-state index < -0.39 is 24.6 Å². The smallest absolute Gasteiger partial charge is 0.406 e. The van der Waals surface area contributed by atoms with Gasteiger partial charge in [0.1, 0.15) is 18.8 Å². The van der Waals surface area contributed by atoms with Crippen molar-refractivity contribution in [1.82, 2.24) is 9.47 Å². The van der Waals surface area contributed by atoms with Crippen molar-refractivity contribution in [1.29, 1.82) is 0 Å². The third kappa shape index (κ3) is 5.13. The minimum absolute atomic E-state index is 0.107. The number of carbonyl (C=O) groups excluding carboxylic acids is 2. The molecule has 0 radical (unpaired) electrons. The Morgan fingerprint density at radius 3 is 2.57 bits per heavy atom. The zero-order valence-electron chi connectivity index (χ0n) is 11.8. The zero-order valence-corrected chi connectivity index (χ0v) is 11.8. The molecule has 1 heterocycles. The maximum Gasteiger partial charge on any atom is 0.406 e. The maximum atomic E-state index is 12.5. The van der Waals surface area contributed by atoms with E-state index in [1.165, 1.54) is 30.3 Å². The Balaban J connectivity index is 2.94. The van der Waals surface area contributed by atoms with E-state index in [4.69, 9.17) is 0 Å². The molecule has 1 amide bonds. The molecule has 0 atom stereocenters. The summed E-state index contributed by atoms with van der Waals surface area (Å²) in [4.78, 5) is 24.7. The van der Waals surface area contributed by atoms with Crippen molar-refractivity contribution < 1.29 is 27.5 Å². The third-order valence-corrected chi connectivity index (χ3v) is 2.73. The van der Waals surface area contributed by atoms with Crippen LogP contribution in [0.2, 0.25) is 0 Å². The highest BCUT2D eigenvalue weighted by molar-refractivity contribution is 5.94. The van der Waals surface area contributed by atoms with Crippen LogP contribution in [0.1, 0.15) is 23.8 Å². The minimum Gasteiger partial charge on any atom is -0.468 e. The van der Waals surface area contributed by atoms with Crippen LogP contribution in [0.15, 0.2) is 18.3 Å². The molecule has 0 bridgehead atoms. The Kier molecular flexibility index (Phi) is 5.80. The number of alkyl halides is 3. The first kappa shape index (κ1) is 17.1. The first-order valence-corrected chi connectivity index (χ1v) is 6.36. The van der Waals surface area contributed by atoms with Crippen molar-refractivity contribution in [2.24, 2.45) is 0 Å². The van der Waals surface area contributed by atoms with Gasteiger partial charge in [-0.2, -0.15) is 13.2 Å². The highest BCUT2D eigenvalue weighted by Crippen LogP contribution is 2.19. The van der Waals surface area contributed by atoms with E-state index in [-0.39, 0.29) is 18.8 Å². The van der Waals surface area contributed by atoms with Gasteiger partial charge in [-0.05, 0) is 18.6 Å². The number of amides is 1. The molecule has 0 aliphatic rings. The van der Waals surface area contributed by atoms with Gasteiger partial charge in [0.25, 0.3) is 5.91 Å². The number of rotatable bonds is 6. The lowest BCUT2D eigenvalue weighted by Gasteiger charge is -2.22. The summed E-state index contributed by atoms with van der Waals surface area (Å²) in [5, 5.41) is 0. The van der Waals surface area contributed by atoms with Crippen LogP contribution in [-0.2, 0) is 16.1 Å². The van der Waals surface area contributed by atoms with Gasteiger partial charge in [0.15, 0.2) is 0 Å². The molecule has 118 valence electrons. The van der Waals surface area contributed by atoms with Crippen LogP contribution in [0.3, 0.4) is 0 Å². The fourth-order valence-corrected chi connectivity index (χ4v) is 1.84. The number of esters is 1. The standard InChI is InChI=1S/C13H17F3N2O3/c1-3-6-17(8-11(19)21-2)12(20)10-5-4-7-18(10)9-13(14,15)16/h4-5,7H,3,6,8-9H2,1-2H3. The number of hydrogen-bond donors (Lipinski definition) is 0. The van der Waals surface area contributed by atoms with Crippen LogP contribution in [-0.4, -0.2) is 47.7 Å². The molecule has 0 spiro atoms. The first-order valence-electron chi connectivity index (χ1n) is 6.36. The quantitative estimate of drug-likeness (QED) is 0.756. The van der Waals surface area contributed by atoms with E-state index >= 15 is 0 Å². The van der Waals surface area contributed by atoms with Crippen LogP contribution >= 0.6 is 0 Å². The predicted octanol–water partition coefficient (Wildman–Crippen LogP) is 2.08. The van der Waals surface area contributed by atoms with Crippen LogP contribution in [0, 0.1) is 0 Å². The van der Waals surface area contributed by atoms with E-state index in [1.807, 2.05) is 0 Å². The number of hydrogen-bond acceptors (Lipinski definition) is 3.